The van der Waals surface area contributed by atoms with Crippen molar-refractivity contribution >= 4 is 11.8 Å². The smallest absolute Gasteiger partial charge is 0.409 e. The van der Waals surface area contributed by atoms with Crippen LogP contribution in [0.4, 0.5) is 10.5 Å². The molecule has 3 aromatic rings. The van der Waals surface area contributed by atoms with E-state index < -0.39 is 6.09 Å². The number of aromatic amines is 1. The lowest BCUT2D eigenvalue weighted by atomic mass is 10.0. The van der Waals surface area contributed by atoms with Gasteiger partial charge in [0, 0.05) is 29.2 Å². The van der Waals surface area contributed by atoms with E-state index in [1.807, 2.05) is 18.2 Å². The van der Waals surface area contributed by atoms with Crippen molar-refractivity contribution in [3.05, 3.63) is 55.0 Å². The van der Waals surface area contributed by atoms with Gasteiger partial charge in [-0.05, 0) is 29.8 Å². The maximum Gasteiger partial charge on any atom is 0.409 e. The average Bonchev–Trinajstić information content (AvgIpc) is 2.97. The standard InChI is InChI=1S/C15H12N4O2/c20-15(21)18-12-3-1-2-11(8-12)14-13(9-17-19-14)10-4-6-16-7-5-10/h1-9,18H,(H,17,19)(H,20,21). The Hall–Kier alpha value is -3.15. The van der Waals surface area contributed by atoms with Gasteiger partial charge in [0.05, 0.1) is 11.9 Å². The lowest BCUT2D eigenvalue weighted by Crippen LogP contribution is -2.06. The van der Waals surface area contributed by atoms with Crippen molar-refractivity contribution in [2.45, 2.75) is 0 Å². The average molecular weight is 280 g/mol. The van der Waals surface area contributed by atoms with Gasteiger partial charge in [0.2, 0.25) is 0 Å². The number of aromatic nitrogens is 3. The van der Waals surface area contributed by atoms with Gasteiger partial charge in [-0.3, -0.25) is 15.4 Å². The zero-order valence-electron chi connectivity index (χ0n) is 10.9. The molecular formula is C15H12N4O2. The van der Waals surface area contributed by atoms with Crippen molar-refractivity contribution in [1.29, 1.82) is 0 Å². The van der Waals surface area contributed by atoms with Gasteiger partial charge < -0.3 is 5.11 Å². The molecule has 0 aliphatic rings. The first-order valence-electron chi connectivity index (χ1n) is 6.28. The Morgan fingerprint density at radius 2 is 1.95 bits per heavy atom. The number of hydrogen-bond donors (Lipinski definition) is 3. The van der Waals surface area contributed by atoms with Crippen molar-refractivity contribution < 1.29 is 9.90 Å². The van der Waals surface area contributed by atoms with E-state index in [2.05, 4.69) is 20.5 Å². The Morgan fingerprint density at radius 3 is 2.71 bits per heavy atom. The number of rotatable bonds is 3. The molecule has 2 aromatic heterocycles. The van der Waals surface area contributed by atoms with Crippen molar-refractivity contribution in [3.8, 4) is 22.4 Å². The molecule has 0 spiro atoms. The number of H-pyrrole nitrogens is 1. The van der Waals surface area contributed by atoms with Crippen LogP contribution in [0.1, 0.15) is 0 Å². The summed E-state index contributed by atoms with van der Waals surface area (Å²) in [6, 6.07) is 10.9. The molecule has 6 heteroatoms. The minimum Gasteiger partial charge on any atom is -0.465 e. The van der Waals surface area contributed by atoms with Crippen molar-refractivity contribution in [1.82, 2.24) is 15.2 Å². The fourth-order valence-electron chi connectivity index (χ4n) is 2.13. The minimum atomic E-state index is -1.09. The number of carboxylic acid groups (broad SMARTS) is 1. The highest BCUT2D eigenvalue weighted by Crippen LogP contribution is 2.30. The third-order valence-corrected chi connectivity index (χ3v) is 3.03. The Labute approximate surface area is 120 Å². The molecule has 3 rings (SSSR count). The highest BCUT2D eigenvalue weighted by atomic mass is 16.4. The van der Waals surface area contributed by atoms with Crippen LogP contribution in [0.15, 0.2) is 55.0 Å². The summed E-state index contributed by atoms with van der Waals surface area (Å²) in [5, 5.41) is 18.2. The van der Waals surface area contributed by atoms with Gasteiger partial charge in [0.15, 0.2) is 0 Å². The lowest BCUT2D eigenvalue weighted by molar-refractivity contribution is 0.210. The molecule has 0 fully saturated rings. The van der Waals surface area contributed by atoms with Crippen LogP contribution in [0.5, 0.6) is 0 Å². The summed E-state index contributed by atoms with van der Waals surface area (Å²) in [5.74, 6) is 0. The summed E-state index contributed by atoms with van der Waals surface area (Å²) in [4.78, 5) is 14.7. The topological polar surface area (TPSA) is 90.9 Å². The van der Waals surface area contributed by atoms with Gasteiger partial charge >= 0.3 is 6.09 Å². The molecule has 104 valence electrons. The largest absolute Gasteiger partial charge is 0.465 e. The number of carbonyl (C=O) groups is 1. The molecule has 1 amide bonds. The number of nitrogens with zero attached hydrogens (tertiary/aromatic N) is 2. The minimum absolute atomic E-state index is 0.510. The second-order valence-electron chi connectivity index (χ2n) is 4.41. The van der Waals surface area contributed by atoms with E-state index in [1.165, 1.54) is 0 Å². The molecule has 3 N–H and O–H groups in total. The summed E-state index contributed by atoms with van der Waals surface area (Å²) < 4.78 is 0. The molecule has 0 saturated heterocycles. The molecule has 0 unspecified atom stereocenters. The summed E-state index contributed by atoms with van der Waals surface area (Å²) in [6.45, 7) is 0. The van der Waals surface area contributed by atoms with E-state index in [1.54, 1.807) is 36.8 Å². The fraction of sp³-hybridized carbons (Fsp3) is 0. The Bertz CT molecular complexity index is 768. The number of nitrogens with one attached hydrogen (secondary N) is 2. The van der Waals surface area contributed by atoms with Crippen LogP contribution in [0.2, 0.25) is 0 Å². The highest BCUT2D eigenvalue weighted by molar-refractivity contribution is 5.86. The molecule has 6 nitrogen and oxygen atoms in total. The predicted molar refractivity (Wildman–Crippen MR) is 78.9 cm³/mol. The van der Waals surface area contributed by atoms with Crippen LogP contribution in [0.25, 0.3) is 22.4 Å². The summed E-state index contributed by atoms with van der Waals surface area (Å²) in [6.07, 6.45) is 4.08. The second-order valence-corrected chi connectivity index (χ2v) is 4.41. The van der Waals surface area contributed by atoms with Gasteiger partial charge in [0.1, 0.15) is 0 Å². The van der Waals surface area contributed by atoms with Crippen LogP contribution >= 0.6 is 0 Å². The van der Waals surface area contributed by atoms with E-state index >= 15 is 0 Å². The van der Waals surface area contributed by atoms with E-state index in [9.17, 15) is 4.79 Å². The van der Waals surface area contributed by atoms with Gasteiger partial charge in [0.25, 0.3) is 0 Å². The number of pyridine rings is 1. The normalized spacial score (nSPS) is 10.3. The van der Waals surface area contributed by atoms with Crippen LogP contribution in [0, 0.1) is 0 Å². The Kier molecular flexibility index (Phi) is 3.34. The summed E-state index contributed by atoms with van der Waals surface area (Å²) >= 11 is 0. The van der Waals surface area contributed by atoms with Crippen molar-refractivity contribution in [2.24, 2.45) is 0 Å². The Balaban J connectivity index is 2.02. The van der Waals surface area contributed by atoms with E-state index in [4.69, 9.17) is 5.11 Å². The first-order chi connectivity index (χ1) is 10.2. The lowest BCUT2D eigenvalue weighted by Gasteiger charge is -2.06. The third kappa shape index (κ3) is 2.74. The predicted octanol–water partition coefficient (Wildman–Crippen LogP) is 3.23. The molecule has 1 aromatic carbocycles. The SMILES string of the molecule is O=C(O)Nc1cccc(-c2[nH]ncc2-c2ccncc2)c1. The number of benzene rings is 1. The first kappa shape index (κ1) is 12.9. The molecule has 0 bridgehead atoms. The molecule has 2 heterocycles. The fourth-order valence-corrected chi connectivity index (χ4v) is 2.13. The van der Waals surface area contributed by atoms with Gasteiger partial charge in [-0.15, -0.1) is 0 Å². The van der Waals surface area contributed by atoms with E-state index in [-0.39, 0.29) is 0 Å². The number of hydrogen-bond acceptors (Lipinski definition) is 3. The van der Waals surface area contributed by atoms with Gasteiger partial charge in [-0.25, -0.2) is 4.79 Å². The monoisotopic (exact) mass is 280 g/mol. The molecule has 0 radical (unpaired) electrons. The van der Waals surface area contributed by atoms with Crippen LogP contribution in [-0.4, -0.2) is 26.4 Å². The van der Waals surface area contributed by atoms with E-state index in [0.29, 0.717) is 5.69 Å². The quantitative estimate of drug-likeness (QED) is 0.687. The van der Waals surface area contributed by atoms with Gasteiger partial charge in [-0.1, -0.05) is 12.1 Å². The van der Waals surface area contributed by atoms with Gasteiger partial charge in [-0.2, -0.15) is 5.10 Å². The summed E-state index contributed by atoms with van der Waals surface area (Å²) in [7, 11) is 0. The van der Waals surface area contributed by atoms with Crippen LogP contribution in [0.3, 0.4) is 0 Å². The zero-order valence-corrected chi connectivity index (χ0v) is 10.9. The molecule has 0 atom stereocenters. The molecule has 0 aliphatic carbocycles. The molecular weight excluding hydrogens is 268 g/mol. The highest BCUT2D eigenvalue weighted by Gasteiger charge is 2.10. The third-order valence-electron chi connectivity index (χ3n) is 3.03. The Morgan fingerprint density at radius 1 is 1.14 bits per heavy atom. The van der Waals surface area contributed by atoms with Crippen LogP contribution < -0.4 is 5.32 Å². The first-order valence-corrected chi connectivity index (χ1v) is 6.28. The van der Waals surface area contributed by atoms with Crippen molar-refractivity contribution in [2.75, 3.05) is 5.32 Å². The second kappa shape index (κ2) is 5.46. The number of anilines is 1. The maximum atomic E-state index is 10.7. The molecule has 0 saturated carbocycles. The van der Waals surface area contributed by atoms with Crippen molar-refractivity contribution in [3.63, 3.8) is 0 Å². The van der Waals surface area contributed by atoms with Crippen LogP contribution in [-0.2, 0) is 0 Å². The summed E-state index contributed by atoms with van der Waals surface area (Å²) in [5.41, 5.74) is 4.12. The number of amides is 1. The molecule has 21 heavy (non-hydrogen) atoms. The zero-order chi connectivity index (χ0) is 14.7. The molecule has 0 aliphatic heterocycles. The maximum absolute atomic E-state index is 10.7. The van der Waals surface area contributed by atoms with E-state index in [0.717, 1.165) is 22.4 Å².